The van der Waals surface area contributed by atoms with E-state index in [1.54, 1.807) is 18.2 Å². The number of carbonyl (C=O) groups excluding carboxylic acids is 1. The standard InChI is InChI=1S/C23H18N4O2/c1-29-21-13-7-6-12-20(21)27-22(26-16-9-3-2-8-15(16)23(27)28)19-14-24-17-10-4-5-11-18(17)25-19/h2-14,22,26H,1H3. The minimum absolute atomic E-state index is 0.121. The molecular formula is C23H18N4O2. The van der Waals surface area contributed by atoms with Gasteiger partial charge >= 0.3 is 0 Å². The zero-order chi connectivity index (χ0) is 19.8. The lowest BCUT2D eigenvalue weighted by Crippen LogP contribution is -2.43. The van der Waals surface area contributed by atoms with E-state index in [0.29, 0.717) is 22.7 Å². The Kier molecular flexibility index (Phi) is 4.09. The largest absolute Gasteiger partial charge is 0.495 e. The van der Waals surface area contributed by atoms with E-state index in [9.17, 15) is 4.79 Å². The first kappa shape index (κ1) is 17.2. The first-order valence-electron chi connectivity index (χ1n) is 9.30. The van der Waals surface area contributed by atoms with Crippen molar-refractivity contribution in [2.24, 2.45) is 0 Å². The van der Waals surface area contributed by atoms with Gasteiger partial charge in [0.2, 0.25) is 0 Å². The van der Waals surface area contributed by atoms with E-state index in [0.717, 1.165) is 16.7 Å². The maximum absolute atomic E-state index is 13.5. The molecule has 0 saturated carbocycles. The molecule has 0 bridgehead atoms. The van der Waals surface area contributed by atoms with Crippen molar-refractivity contribution in [1.82, 2.24) is 9.97 Å². The van der Waals surface area contributed by atoms with Gasteiger partial charge in [-0.1, -0.05) is 36.4 Å². The van der Waals surface area contributed by atoms with Crippen LogP contribution >= 0.6 is 0 Å². The molecule has 0 aliphatic carbocycles. The first-order valence-corrected chi connectivity index (χ1v) is 9.30. The Morgan fingerprint density at radius 3 is 2.52 bits per heavy atom. The van der Waals surface area contributed by atoms with Crippen LogP contribution in [-0.4, -0.2) is 23.0 Å². The molecule has 0 radical (unpaired) electrons. The van der Waals surface area contributed by atoms with Crippen LogP contribution in [0.5, 0.6) is 5.75 Å². The molecule has 1 aliphatic heterocycles. The van der Waals surface area contributed by atoms with E-state index in [2.05, 4.69) is 10.3 Å². The van der Waals surface area contributed by atoms with Gasteiger partial charge in [0.05, 0.1) is 35.6 Å². The Morgan fingerprint density at radius 2 is 1.66 bits per heavy atom. The highest BCUT2D eigenvalue weighted by Crippen LogP contribution is 2.39. The Morgan fingerprint density at radius 1 is 0.931 bits per heavy atom. The lowest BCUT2D eigenvalue weighted by Gasteiger charge is -2.37. The van der Waals surface area contributed by atoms with Crippen LogP contribution in [0.25, 0.3) is 11.0 Å². The van der Waals surface area contributed by atoms with Crippen LogP contribution in [0.3, 0.4) is 0 Å². The Hall–Kier alpha value is -3.93. The van der Waals surface area contributed by atoms with Gasteiger partial charge in [0.1, 0.15) is 11.4 Å². The number of carbonyl (C=O) groups is 1. The van der Waals surface area contributed by atoms with Crippen molar-refractivity contribution in [1.29, 1.82) is 0 Å². The number of hydrogen-bond donors (Lipinski definition) is 1. The van der Waals surface area contributed by atoms with Crippen molar-refractivity contribution in [2.75, 3.05) is 17.3 Å². The Labute approximate surface area is 167 Å². The zero-order valence-corrected chi connectivity index (χ0v) is 15.7. The normalized spacial score (nSPS) is 15.7. The molecule has 5 rings (SSSR count). The van der Waals surface area contributed by atoms with Gasteiger partial charge in [0.15, 0.2) is 6.17 Å². The van der Waals surface area contributed by atoms with Gasteiger partial charge in [-0.3, -0.25) is 14.7 Å². The van der Waals surface area contributed by atoms with Crippen LogP contribution in [0.4, 0.5) is 11.4 Å². The van der Waals surface area contributed by atoms with Crippen LogP contribution in [0, 0.1) is 0 Å². The molecule has 142 valence electrons. The molecule has 29 heavy (non-hydrogen) atoms. The highest BCUT2D eigenvalue weighted by Gasteiger charge is 2.36. The quantitative estimate of drug-likeness (QED) is 0.568. The second kappa shape index (κ2) is 6.91. The monoisotopic (exact) mass is 382 g/mol. The summed E-state index contributed by atoms with van der Waals surface area (Å²) in [5, 5.41) is 3.46. The molecule has 0 saturated heterocycles. The van der Waals surface area contributed by atoms with Crippen molar-refractivity contribution < 1.29 is 9.53 Å². The third-order valence-electron chi connectivity index (χ3n) is 5.02. The van der Waals surface area contributed by atoms with Crippen LogP contribution in [0.1, 0.15) is 22.2 Å². The van der Waals surface area contributed by atoms with E-state index in [1.165, 1.54) is 0 Å². The third-order valence-corrected chi connectivity index (χ3v) is 5.02. The number of fused-ring (bicyclic) bond motifs is 2. The summed E-state index contributed by atoms with van der Waals surface area (Å²) in [6.45, 7) is 0. The topological polar surface area (TPSA) is 67.3 Å². The number of nitrogens with zero attached hydrogens (tertiary/aromatic N) is 3. The van der Waals surface area contributed by atoms with Gasteiger partial charge in [-0.2, -0.15) is 0 Å². The maximum atomic E-state index is 13.5. The predicted molar refractivity (Wildman–Crippen MR) is 112 cm³/mol. The fraction of sp³-hybridized carbons (Fsp3) is 0.0870. The summed E-state index contributed by atoms with van der Waals surface area (Å²) in [6, 6.07) is 22.6. The van der Waals surface area contributed by atoms with Crippen molar-refractivity contribution in [3.63, 3.8) is 0 Å². The minimum Gasteiger partial charge on any atom is -0.495 e. The molecular weight excluding hydrogens is 364 g/mol. The summed E-state index contributed by atoms with van der Waals surface area (Å²) in [7, 11) is 1.60. The van der Waals surface area contributed by atoms with Gasteiger partial charge in [-0.15, -0.1) is 0 Å². The fourth-order valence-corrected chi connectivity index (χ4v) is 3.64. The van der Waals surface area contributed by atoms with Gasteiger partial charge in [-0.05, 0) is 36.4 Å². The number of nitrogens with one attached hydrogen (secondary N) is 1. The van der Waals surface area contributed by atoms with Crippen molar-refractivity contribution in [3.8, 4) is 5.75 Å². The molecule has 6 nitrogen and oxygen atoms in total. The molecule has 2 heterocycles. The SMILES string of the molecule is COc1ccccc1N1C(=O)c2ccccc2NC1c1cnc2ccccc2n1. The summed E-state index contributed by atoms with van der Waals surface area (Å²) >= 11 is 0. The number of rotatable bonds is 3. The molecule has 1 N–H and O–H groups in total. The van der Waals surface area contributed by atoms with Crippen molar-refractivity contribution >= 4 is 28.3 Å². The van der Waals surface area contributed by atoms with E-state index in [1.807, 2.05) is 72.8 Å². The highest BCUT2D eigenvalue weighted by molar-refractivity contribution is 6.12. The van der Waals surface area contributed by atoms with Gasteiger partial charge in [0.25, 0.3) is 5.91 Å². The number of amides is 1. The van der Waals surface area contributed by atoms with E-state index >= 15 is 0 Å². The molecule has 1 amide bonds. The van der Waals surface area contributed by atoms with Crippen LogP contribution < -0.4 is 15.0 Å². The number of aromatic nitrogens is 2. The predicted octanol–water partition coefficient (Wildman–Crippen LogP) is 4.41. The molecule has 1 aliphatic rings. The van der Waals surface area contributed by atoms with Gasteiger partial charge < -0.3 is 10.1 Å². The van der Waals surface area contributed by atoms with Gasteiger partial charge in [-0.25, -0.2) is 4.98 Å². The lowest BCUT2D eigenvalue weighted by atomic mass is 10.0. The molecule has 1 unspecified atom stereocenters. The number of ether oxygens (including phenoxy) is 1. The number of hydrogen-bond acceptors (Lipinski definition) is 5. The number of methoxy groups -OCH3 is 1. The second-order valence-corrected chi connectivity index (χ2v) is 6.72. The van der Waals surface area contributed by atoms with E-state index < -0.39 is 6.17 Å². The summed E-state index contributed by atoms with van der Waals surface area (Å²) in [5.74, 6) is 0.490. The lowest BCUT2D eigenvalue weighted by molar-refractivity contribution is 0.0973. The van der Waals surface area contributed by atoms with Crippen LogP contribution in [-0.2, 0) is 0 Å². The fourth-order valence-electron chi connectivity index (χ4n) is 3.64. The molecule has 1 aromatic heterocycles. The number of para-hydroxylation sites is 5. The van der Waals surface area contributed by atoms with E-state index in [4.69, 9.17) is 9.72 Å². The van der Waals surface area contributed by atoms with E-state index in [-0.39, 0.29) is 5.91 Å². The molecule has 1 atom stereocenters. The molecule has 4 aromatic rings. The smallest absolute Gasteiger partial charge is 0.262 e. The molecule has 0 fully saturated rings. The Bertz CT molecular complexity index is 1220. The minimum atomic E-state index is -0.522. The third kappa shape index (κ3) is 2.86. The van der Waals surface area contributed by atoms with Crippen LogP contribution in [0.15, 0.2) is 79.0 Å². The van der Waals surface area contributed by atoms with Gasteiger partial charge in [0, 0.05) is 5.69 Å². The Balaban J connectivity index is 1.70. The summed E-state index contributed by atoms with van der Waals surface area (Å²) < 4.78 is 5.53. The average molecular weight is 382 g/mol. The number of anilines is 2. The summed E-state index contributed by atoms with van der Waals surface area (Å²) in [6.07, 6.45) is 1.19. The average Bonchev–Trinajstić information content (AvgIpc) is 2.79. The molecule has 0 spiro atoms. The molecule has 6 heteroatoms. The van der Waals surface area contributed by atoms with Crippen molar-refractivity contribution in [3.05, 3.63) is 90.3 Å². The number of benzene rings is 3. The second-order valence-electron chi connectivity index (χ2n) is 6.72. The molecule has 3 aromatic carbocycles. The van der Waals surface area contributed by atoms with Crippen LogP contribution in [0.2, 0.25) is 0 Å². The summed E-state index contributed by atoms with van der Waals surface area (Å²) in [5.41, 5.74) is 4.27. The maximum Gasteiger partial charge on any atom is 0.262 e. The van der Waals surface area contributed by atoms with Crippen molar-refractivity contribution in [2.45, 2.75) is 6.17 Å². The first-order chi connectivity index (χ1) is 14.3. The zero-order valence-electron chi connectivity index (χ0n) is 15.7. The highest BCUT2D eigenvalue weighted by atomic mass is 16.5. The summed E-state index contributed by atoms with van der Waals surface area (Å²) in [4.78, 5) is 24.5.